The van der Waals surface area contributed by atoms with E-state index >= 15 is 0 Å². The molecule has 68 valence electrons. The Labute approximate surface area is 81.6 Å². The molecule has 0 atom stereocenters. The van der Waals surface area contributed by atoms with Crippen molar-refractivity contribution in [3.63, 3.8) is 0 Å². The van der Waals surface area contributed by atoms with Gasteiger partial charge in [0.2, 0.25) is 5.11 Å². The van der Waals surface area contributed by atoms with Gasteiger partial charge in [-0.05, 0) is 24.4 Å². The van der Waals surface area contributed by atoms with Gasteiger partial charge in [0.05, 0.1) is 0 Å². The molecule has 0 spiro atoms. The number of thiocarbonyl (C=S) groups is 1. The summed E-state index contributed by atoms with van der Waals surface area (Å²) in [5.41, 5.74) is 11.2. The standard InChI is InChI=1S/C8H10N4S/c9-7(10)12-8(13)11-6-4-2-1-3-5-6/h1-5H,(H5,9,10,11,12,13). The van der Waals surface area contributed by atoms with Crippen LogP contribution >= 0.6 is 12.2 Å². The van der Waals surface area contributed by atoms with Crippen LogP contribution in [0, 0.1) is 0 Å². The minimum Gasteiger partial charge on any atom is -0.370 e. The Kier molecular flexibility index (Phi) is 3.22. The van der Waals surface area contributed by atoms with Gasteiger partial charge in [-0.3, -0.25) is 0 Å². The first-order valence-electron chi connectivity index (χ1n) is 3.64. The summed E-state index contributed by atoms with van der Waals surface area (Å²) in [5, 5.41) is 3.11. The SMILES string of the molecule is NC(N)=NC(=S)Nc1ccccc1. The molecule has 0 aromatic heterocycles. The molecule has 1 aromatic rings. The molecule has 5 heteroatoms. The zero-order valence-corrected chi connectivity index (χ0v) is 7.71. The van der Waals surface area contributed by atoms with Crippen molar-refractivity contribution >= 4 is 29.0 Å². The van der Waals surface area contributed by atoms with Crippen molar-refractivity contribution < 1.29 is 0 Å². The number of hydrogen-bond donors (Lipinski definition) is 3. The Morgan fingerprint density at radius 2 is 1.85 bits per heavy atom. The maximum Gasteiger partial charge on any atom is 0.200 e. The summed E-state index contributed by atoms with van der Waals surface area (Å²) in [6.45, 7) is 0. The van der Waals surface area contributed by atoms with E-state index in [1.165, 1.54) is 0 Å². The van der Waals surface area contributed by atoms with Crippen LogP contribution in [0.25, 0.3) is 0 Å². The third-order valence-electron chi connectivity index (χ3n) is 1.26. The molecule has 1 aromatic carbocycles. The number of hydrogen-bond acceptors (Lipinski definition) is 1. The smallest absolute Gasteiger partial charge is 0.200 e. The van der Waals surface area contributed by atoms with Crippen molar-refractivity contribution in [1.29, 1.82) is 0 Å². The van der Waals surface area contributed by atoms with Gasteiger partial charge in [-0.1, -0.05) is 18.2 Å². The Bertz CT molecular complexity index is 316. The Morgan fingerprint density at radius 3 is 2.38 bits per heavy atom. The summed E-state index contributed by atoms with van der Waals surface area (Å²) in [4.78, 5) is 3.67. The highest BCUT2D eigenvalue weighted by Gasteiger charge is 1.93. The zero-order chi connectivity index (χ0) is 9.68. The lowest BCUT2D eigenvalue weighted by molar-refractivity contribution is 1.48. The lowest BCUT2D eigenvalue weighted by Crippen LogP contribution is -2.25. The van der Waals surface area contributed by atoms with E-state index in [-0.39, 0.29) is 11.1 Å². The average Bonchev–Trinajstić information content (AvgIpc) is 2.04. The number of anilines is 1. The number of nitrogens with one attached hydrogen (secondary N) is 1. The van der Waals surface area contributed by atoms with Crippen LogP contribution in [-0.4, -0.2) is 11.1 Å². The van der Waals surface area contributed by atoms with Gasteiger partial charge in [0, 0.05) is 5.69 Å². The topological polar surface area (TPSA) is 76.4 Å². The first-order valence-corrected chi connectivity index (χ1v) is 4.05. The number of rotatable bonds is 1. The Morgan fingerprint density at radius 1 is 1.23 bits per heavy atom. The summed E-state index contributed by atoms with van der Waals surface area (Å²) in [6, 6.07) is 9.43. The fraction of sp³-hybridized carbons (Fsp3) is 0. The van der Waals surface area contributed by atoms with E-state index in [0.29, 0.717) is 0 Å². The normalized spacial score (nSPS) is 8.92. The summed E-state index contributed by atoms with van der Waals surface area (Å²) < 4.78 is 0. The lowest BCUT2D eigenvalue weighted by Gasteiger charge is -2.02. The summed E-state index contributed by atoms with van der Waals surface area (Å²) in [6.07, 6.45) is 0. The van der Waals surface area contributed by atoms with Gasteiger partial charge in [0.15, 0.2) is 5.96 Å². The second kappa shape index (κ2) is 4.42. The number of benzene rings is 1. The van der Waals surface area contributed by atoms with Crippen LogP contribution in [0.5, 0.6) is 0 Å². The third kappa shape index (κ3) is 3.53. The van der Waals surface area contributed by atoms with E-state index in [4.69, 9.17) is 23.7 Å². The van der Waals surface area contributed by atoms with Crippen LogP contribution in [0.2, 0.25) is 0 Å². The van der Waals surface area contributed by atoms with E-state index in [0.717, 1.165) is 5.69 Å². The van der Waals surface area contributed by atoms with Gasteiger partial charge in [-0.2, -0.15) is 4.99 Å². The van der Waals surface area contributed by atoms with E-state index in [1.54, 1.807) is 0 Å². The molecule has 0 fully saturated rings. The molecule has 0 radical (unpaired) electrons. The molecule has 0 amide bonds. The highest BCUT2D eigenvalue weighted by molar-refractivity contribution is 7.80. The van der Waals surface area contributed by atoms with Crippen molar-refractivity contribution in [2.75, 3.05) is 5.32 Å². The van der Waals surface area contributed by atoms with Gasteiger partial charge in [-0.15, -0.1) is 0 Å². The van der Waals surface area contributed by atoms with Gasteiger partial charge in [0.1, 0.15) is 0 Å². The number of guanidine groups is 1. The van der Waals surface area contributed by atoms with Crippen molar-refractivity contribution in [2.45, 2.75) is 0 Å². The molecule has 1 rings (SSSR count). The maximum atomic E-state index is 5.15. The molecule has 4 nitrogen and oxygen atoms in total. The van der Waals surface area contributed by atoms with Crippen LogP contribution in [0.4, 0.5) is 5.69 Å². The van der Waals surface area contributed by atoms with Crippen molar-refractivity contribution in [2.24, 2.45) is 16.5 Å². The minimum absolute atomic E-state index is 0.0477. The number of aliphatic imine (C=N–C) groups is 1. The Hall–Kier alpha value is -1.62. The molecule has 0 aliphatic heterocycles. The molecule has 0 aliphatic rings. The fourth-order valence-corrected chi connectivity index (χ4v) is 1.01. The molecule has 0 saturated carbocycles. The van der Waals surface area contributed by atoms with E-state index in [2.05, 4.69) is 10.3 Å². The van der Waals surface area contributed by atoms with Crippen molar-refractivity contribution in [3.8, 4) is 0 Å². The van der Waals surface area contributed by atoms with Crippen LogP contribution in [0.15, 0.2) is 35.3 Å². The van der Waals surface area contributed by atoms with E-state index in [1.807, 2.05) is 30.3 Å². The van der Waals surface area contributed by atoms with Crippen LogP contribution in [0.3, 0.4) is 0 Å². The first-order chi connectivity index (χ1) is 6.18. The molecule has 0 heterocycles. The van der Waals surface area contributed by atoms with Gasteiger partial charge in [-0.25, -0.2) is 0 Å². The molecule has 13 heavy (non-hydrogen) atoms. The van der Waals surface area contributed by atoms with E-state index in [9.17, 15) is 0 Å². The molecular weight excluding hydrogens is 184 g/mol. The first kappa shape index (κ1) is 9.47. The fourth-order valence-electron chi connectivity index (χ4n) is 0.790. The van der Waals surface area contributed by atoms with Gasteiger partial charge < -0.3 is 16.8 Å². The summed E-state index contributed by atoms with van der Waals surface area (Å²) in [7, 11) is 0. The summed E-state index contributed by atoms with van der Waals surface area (Å²) in [5.74, 6) is -0.0477. The zero-order valence-electron chi connectivity index (χ0n) is 6.90. The van der Waals surface area contributed by atoms with Crippen molar-refractivity contribution in [1.82, 2.24) is 0 Å². The molecule has 0 unspecified atom stereocenters. The van der Waals surface area contributed by atoms with E-state index < -0.39 is 0 Å². The number of nitrogens with zero attached hydrogens (tertiary/aromatic N) is 1. The van der Waals surface area contributed by atoms with Crippen LogP contribution < -0.4 is 16.8 Å². The number of nitrogens with two attached hydrogens (primary N) is 2. The van der Waals surface area contributed by atoms with Crippen molar-refractivity contribution in [3.05, 3.63) is 30.3 Å². The molecule has 0 saturated heterocycles. The quantitative estimate of drug-likeness (QED) is 0.348. The predicted molar refractivity (Wildman–Crippen MR) is 58.5 cm³/mol. The number of para-hydroxylation sites is 1. The van der Waals surface area contributed by atoms with Crippen LogP contribution in [0.1, 0.15) is 0 Å². The predicted octanol–water partition coefficient (Wildman–Crippen LogP) is 0.657. The molecular formula is C8H10N4S. The van der Waals surface area contributed by atoms with Gasteiger partial charge >= 0.3 is 0 Å². The molecule has 0 aliphatic carbocycles. The monoisotopic (exact) mass is 194 g/mol. The largest absolute Gasteiger partial charge is 0.370 e. The third-order valence-corrected chi connectivity index (χ3v) is 1.45. The lowest BCUT2D eigenvalue weighted by atomic mass is 10.3. The maximum absolute atomic E-state index is 5.15. The molecule has 0 bridgehead atoms. The second-order valence-corrected chi connectivity index (χ2v) is 2.72. The highest BCUT2D eigenvalue weighted by Crippen LogP contribution is 2.04. The highest BCUT2D eigenvalue weighted by atomic mass is 32.1. The average molecular weight is 194 g/mol. The second-order valence-electron chi connectivity index (χ2n) is 2.33. The van der Waals surface area contributed by atoms with Crippen LogP contribution in [-0.2, 0) is 0 Å². The molecule has 5 N–H and O–H groups in total. The van der Waals surface area contributed by atoms with Gasteiger partial charge in [0.25, 0.3) is 0 Å². The summed E-state index contributed by atoms with van der Waals surface area (Å²) >= 11 is 4.85. The minimum atomic E-state index is -0.0477. The Balaban J connectivity index is 2.61.